The monoisotopic (exact) mass is 227 g/mol. The lowest BCUT2D eigenvalue weighted by Gasteiger charge is -2.45. The number of piperidine rings is 1. The summed E-state index contributed by atoms with van der Waals surface area (Å²) in [7, 11) is 0. The van der Waals surface area contributed by atoms with Crippen LogP contribution in [-0.2, 0) is 4.79 Å². The molecule has 2 rings (SSSR count). The zero-order valence-electron chi connectivity index (χ0n) is 9.54. The Labute approximate surface area is 97.8 Å². The molecule has 0 spiro atoms. The van der Waals surface area contributed by atoms with Crippen LogP contribution in [0.15, 0.2) is 0 Å². The van der Waals surface area contributed by atoms with Crippen LogP contribution in [0.25, 0.3) is 0 Å². The van der Waals surface area contributed by atoms with E-state index in [1.54, 1.807) is 0 Å². The van der Waals surface area contributed by atoms with Crippen LogP contribution in [0.5, 0.6) is 0 Å². The summed E-state index contributed by atoms with van der Waals surface area (Å²) in [5.74, 6) is 1.55. The molecule has 0 N–H and O–H groups in total. The highest BCUT2D eigenvalue weighted by atomic mass is 32.1. The molecule has 1 aliphatic heterocycles. The highest BCUT2D eigenvalue weighted by Gasteiger charge is 2.39. The number of hydrogen-bond donors (Lipinski definition) is 1. The summed E-state index contributed by atoms with van der Waals surface area (Å²) < 4.78 is 0. The fraction of sp³-hybridized carbons (Fsp3) is 0.917. The van der Waals surface area contributed by atoms with Crippen molar-refractivity contribution in [1.82, 2.24) is 4.90 Å². The number of carbonyl (C=O) groups is 1. The summed E-state index contributed by atoms with van der Waals surface area (Å²) in [5.41, 5.74) is 0.357. The maximum atomic E-state index is 12.0. The number of amides is 1. The number of likely N-dealkylation sites (tertiary alicyclic amines) is 1. The number of hydrogen-bond acceptors (Lipinski definition) is 2. The van der Waals surface area contributed by atoms with Gasteiger partial charge >= 0.3 is 0 Å². The largest absolute Gasteiger partial charge is 0.342 e. The zero-order valence-corrected chi connectivity index (χ0v) is 10.4. The minimum absolute atomic E-state index is 0.246. The fourth-order valence-corrected chi connectivity index (χ4v) is 3.15. The predicted molar refractivity (Wildman–Crippen MR) is 65.1 cm³/mol. The molecule has 86 valence electrons. The maximum absolute atomic E-state index is 12.0. The molecule has 2 aliphatic rings. The minimum Gasteiger partial charge on any atom is -0.342 e. The van der Waals surface area contributed by atoms with Gasteiger partial charge in [-0.25, -0.2) is 0 Å². The first-order valence-electron chi connectivity index (χ1n) is 6.06. The van der Waals surface area contributed by atoms with Crippen molar-refractivity contribution in [2.24, 2.45) is 11.3 Å². The molecule has 1 aliphatic carbocycles. The lowest BCUT2D eigenvalue weighted by Crippen LogP contribution is -2.49. The van der Waals surface area contributed by atoms with E-state index in [9.17, 15) is 4.79 Å². The van der Waals surface area contributed by atoms with Gasteiger partial charge in [0.25, 0.3) is 0 Å². The van der Waals surface area contributed by atoms with Crippen molar-refractivity contribution < 1.29 is 4.79 Å². The first kappa shape index (κ1) is 11.3. The molecule has 3 heteroatoms. The smallest absolute Gasteiger partial charge is 0.225 e. The van der Waals surface area contributed by atoms with Crippen LogP contribution >= 0.6 is 12.6 Å². The average molecular weight is 227 g/mol. The maximum Gasteiger partial charge on any atom is 0.225 e. The first-order valence-corrected chi connectivity index (χ1v) is 6.70. The summed E-state index contributed by atoms with van der Waals surface area (Å²) in [6.45, 7) is 3.99. The molecule has 15 heavy (non-hydrogen) atoms. The van der Waals surface area contributed by atoms with Gasteiger partial charge in [-0.15, -0.1) is 0 Å². The van der Waals surface area contributed by atoms with E-state index in [1.165, 1.54) is 25.7 Å². The molecule has 1 unspecified atom stereocenters. The molecule has 1 amide bonds. The Bertz CT molecular complexity index is 244. The minimum atomic E-state index is 0.246. The van der Waals surface area contributed by atoms with E-state index < -0.39 is 0 Å². The van der Waals surface area contributed by atoms with Crippen molar-refractivity contribution in [1.29, 1.82) is 0 Å². The van der Waals surface area contributed by atoms with Gasteiger partial charge in [-0.3, -0.25) is 4.79 Å². The Morgan fingerprint density at radius 3 is 2.73 bits per heavy atom. The Balaban J connectivity index is 1.95. The summed E-state index contributed by atoms with van der Waals surface area (Å²) >= 11 is 4.45. The van der Waals surface area contributed by atoms with Crippen LogP contribution in [0.2, 0.25) is 0 Å². The summed E-state index contributed by atoms with van der Waals surface area (Å²) in [5, 5.41) is 0. The lowest BCUT2D eigenvalue weighted by atomic mass is 9.69. The molecule has 0 radical (unpaired) electrons. The molecule has 2 nitrogen and oxygen atoms in total. The number of thiol groups is 1. The van der Waals surface area contributed by atoms with E-state index >= 15 is 0 Å². The molecule has 0 aromatic heterocycles. The van der Waals surface area contributed by atoms with E-state index in [1.807, 2.05) is 0 Å². The number of rotatable bonds is 3. The van der Waals surface area contributed by atoms with Gasteiger partial charge < -0.3 is 4.90 Å². The highest BCUT2D eigenvalue weighted by Crippen LogP contribution is 2.43. The molecule has 0 bridgehead atoms. The van der Waals surface area contributed by atoms with E-state index in [0.29, 0.717) is 11.3 Å². The second-order valence-electron chi connectivity index (χ2n) is 5.31. The van der Waals surface area contributed by atoms with Crippen LogP contribution in [0, 0.1) is 11.3 Å². The molecule has 1 saturated carbocycles. The van der Waals surface area contributed by atoms with Gasteiger partial charge in [0.15, 0.2) is 0 Å². The van der Waals surface area contributed by atoms with Crippen molar-refractivity contribution in [3.8, 4) is 0 Å². The summed E-state index contributed by atoms with van der Waals surface area (Å²) in [6, 6.07) is 0. The lowest BCUT2D eigenvalue weighted by molar-refractivity contribution is -0.140. The third-order valence-corrected chi connectivity index (χ3v) is 4.75. The van der Waals surface area contributed by atoms with Crippen LogP contribution in [-0.4, -0.2) is 29.6 Å². The summed E-state index contributed by atoms with van der Waals surface area (Å²) in [4.78, 5) is 14.0. The zero-order chi connectivity index (χ0) is 10.9. The Morgan fingerprint density at radius 2 is 2.20 bits per heavy atom. The average Bonchev–Trinajstić information content (AvgIpc) is 2.18. The van der Waals surface area contributed by atoms with E-state index in [0.717, 1.165) is 25.3 Å². The molecule has 0 aromatic carbocycles. The SMILES string of the molecule is CC1CCCN(CC2(CS)CCC2)C1=O. The van der Waals surface area contributed by atoms with Gasteiger partial charge in [0.2, 0.25) is 5.91 Å². The van der Waals surface area contributed by atoms with Crippen molar-refractivity contribution in [3.63, 3.8) is 0 Å². The van der Waals surface area contributed by atoms with Crippen molar-refractivity contribution >= 4 is 18.5 Å². The van der Waals surface area contributed by atoms with Crippen molar-refractivity contribution in [2.45, 2.75) is 39.0 Å². The predicted octanol–water partition coefficient (Wildman–Crippen LogP) is 2.35. The second kappa shape index (κ2) is 4.36. The number of nitrogens with zero attached hydrogens (tertiary/aromatic N) is 1. The Hall–Kier alpha value is -0.180. The van der Waals surface area contributed by atoms with Crippen LogP contribution in [0.3, 0.4) is 0 Å². The molecule has 0 aromatic rings. The van der Waals surface area contributed by atoms with Gasteiger partial charge in [-0.1, -0.05) is 13.3 Å². The third-order valence-electron chi connectivity index (χ3n) is 4.07. The topological polar surface area (TPSA) is 20.3 Å². The molecule has 1 atom stereocenters. The standard InChI is InChI=1S/C12H21NOS/c1-10-4-2-7-13(11(10)14)8-12(9-15)5-3-6-12/h10,15H,2-9H2,1H3. The van der Waals surface area contributed by atoms with Gasteiger partial charge in [0.1, 0.15) is 0 Å². The Kier molecular flexibility index (Phi) is 3.29. The van der Waals surface area contributed by atoms with E-state index in [2.05, 4.69) is 24.5 Å². The van der Waals surface area contributed by atoms with E-state index in [4.69, 9.17) is 0 Å². The van der Waals surface area contributed by atoms with Gasteiger partial charge in [-0.2, -0.15) is 12.6 Å². The molecule has 1 heterocycles. The number of carbonyl (C=O) groups excluding carboxylic acids is 1. The Morgan fingerprint density at radius 1 is 1.47 bits per heavy atom. The normalized spacial score (nSPS) is 30.1. The van der Waals surface area contributed by atoms with Crippen molar-refractivity contribution in [2.75, 3.05) is 18.8 Å². The van der Waals surface area contributed by atoms with Crippen LogP contribution < -0.4 is 0 Å². The molecular formula is C12H21NOS. The van der Waals surface area contributed by atoms with Gasteiger partial charge in [0.05, 0.1) is 0 Å². The van der Waals surface area contributed by atoms with Crippen LogP contribution in [0.1, 0.15) is 39.0 Å². The first-order chi connectivity index (χ1) is 7.17. The molecule has 2 fully saturated rings. The molecule has 1 saturated heterocycles. The van der Waals surface area contributed by atoms with Gasteiger partial charge in [0, 0.05) is 19.0 Å². The molecular weight excluding hydrogens is 206 g/mol. The van der Waals surface area contributed by atoms with E-state index in [-0.39, 0.29) is 5.92 Å². The van der Waals surface area contributed by atoms with Crippen molar-refractivity contribution in [3.05, 3.63) is 0 Å². The van der Waals surface area contributed by atoms with Gasteiger partial charge in [-0.05, 0) is 36.9 Å². The fourth-order valence-electron chi connectivity index (χ4n) is 2.74. The second-order valence-corrected chi connectivity index (χ2v) is 5.63. The highest BCUT2D eigenvalue weighted by molar-refractivity contribution is 7.80. The van der Waals surface area contributed by atoms with Crippen LogP contribution in [0.4, 0.5) is 0 Å². The quantitative estimate of drug-likeness (QED) is 0.734. The third kappa shape index (κ3) is 2.17. The summed E-state index contributed by atoms with van der Waals surface area (Å²) in [6.07, 6.45) is 6.08.